The van der Waals surface area contributed by atoms with Gasteiger partial charge in [0.1, 0.15) is 5.58 Å². The molecule has 0 unspecified atom stereocenters. The molecule has 12 heavy (non-hydrogen) atoms. The number of carbonyl (C=O) groups excluding carboxylic acids is 1. The van der Waals surface area contributed by atoms with E-state index in [-0.39, 0.29) is 0 Å². The van der Waals surface area contributed by atoms with Gasteiger partial charge < -0.3 is 10.2 Å². The van der Waals surface area contributed by atoms with Crippen LogP contribution in [-0.2, 0) is 0 Å². The Labute approximate surface area is 68.8 Å². The van der Waals surface area contributed by atoms with Crippen LogP contribution < -0.4 is 5.73 Å². The van der Waals surface area contributed by atoms with Crippen LogP contribution in [0.25, 0.3) is 11.0 Å². The van der Waals surface area contributed by atoms with Gasteiger partial charge in [0.25, 0.3) is 0 Å². The summed E-state index contributed by atoms with van der Waals surface area (Å²) in [4.78, 5) is 10.3. The lowest BCUT2D eigenvalue weighted by Gasteiger charge is -1.89. The molecule has 0 radical (unpaired) electrons. The van der Waals surface area contributed by atoms with E-state index in [2.05, 4.69) is 0 Å². The molecule has 0 atom stereocenters. The molecule has 0 aliphatic rings. The second-order valence-electron chi connectivity index (χ2n) is 2.56. The van der Waals surface area contributed by atoms with Gasteiger partial charge in [-0.1, -0.05) is 0 Å². The maximum absolute atomic E-state index is 10.3. The van der Waals surface area contributed by atoms with E-state index in [0.717, 1.165) is 5.39 Å². The van der Waals surface area contributed by atoms with Gasteiger partial charge in [-0.25, -0.2) is 0 Å². The summed E-state index contributed by atoms with van der Waals surface area (Å²) >= 11 is 0. The fourth-order valence-electron chi connectivity index (χ4n) is 1.13. The van der Waals surface area contributed by atoms with Crippen LogP contribution in [-0.4, -0.2) is 6.29 Å². The number of furan rings is 1. The Kier molecular flexibility index (Phi) is 1.37. The summed E-state index contributed by atoms with van der Waals surface area (Å²) in [7, 11) is 0. The number of rotatable bonds is 1. The number of carbonyl (C=O) groups is 1. The Bertz CT molecular complexity index is 431. The first-order valence-electron chi connectivity index (χ1n) is 3.54. The minimum Gasteiger partial charge on any atom is -0.453 e. The van der Waals surface area contributed by atoms with E-state index < -0.39 is 0 Å². The monoisotopic (exact) mass is 161 g/mol. The highest BCUT2D eigenvalue weighted by Gasteiger charge is 2.01. The summed E-state index contributed by atoms with van der Waals surface area (Å²) < 4.78 is 5.15. The molecule has 0 aliphatic heterocycles. The Morgan fingerprint density at radius 1 is 1.33 bits per heavy atom. The molecule has 3 nitrogen and oxygen atoms in total. The molecule has 0 saturated heterocycles. The average molecular weight is 161 g/mol. The summed E-state index contributed by atoms with van der Waals surface area (Å²) in [5.41, 5.74) is 6.81. The van der Waals surface area contributed by atoms with Crippen molar-refractivity contribution >= 4 is 22.9 Å². The first kappa shape index (κ1) is 6.91. The molecule has 1 aromatic heterocycles. The normalized spacial score (nSPS) is 10.3. The van der Waals surface area contributed by atoms with Crippen molar-refractivity contribution in [1.29, 1.82) is 0 Å². The average Bonchev–Trinajstić information content (AvgIpc) is 2.46. The number of anilines is 1. The van der Waals surface area contributed by atoms with Crippen molar-refractivity contribution in [3.63, 3.8) is 0 Å². The lowest BCUT2D eigenvalue weighted by Crippen LogP contribution is -1.80. The lowest BCUT2D eigenvalue weighted by atomic mass is 10.2. The third-order valence-corrected chi connectivity index (χ3v) is 1.68. The van der Waals surface area contributed by atoms with Crippen molar-refractivity contribution in [3.05, 3.63) is 30.0 Å². The molecule has 0 aliphatic carbocycles. The number of fused-ring (bicyclic) bond motifs is 1. The highest BCUT2D eigenvalue weighted by molar-refractivity contribution is 5.86. The standard InChI is InChI=1S/C9H7NO2/c10-7-2-1-6-3-8(5-11)12-9(6)4-7/h1-5H,10H2. The highest BCUT2D eigenvalue weighted by Crippen LogP contribution is 2.20. The zero-order valence-electron chi connectivity index (χ0n) is 6.28. The van der Waals surface area contributed by atoms with Gasteiger partial charge in [-0.3, -0.25) is 4.79 Å². The van der Waals surface area contributed by atoms with E-state index in [9.17, 15) is 4.79 Å². The zero-order chi connectivity index (χ0) is 8.55. The van der Waals surface area contributed by atoms with Crippen LogP contribution in [0.15, 0.2) is 28.7 Å². The fourth-order valence-corrected chi connectivity index (χ4v) is 1.13. The van der Waals surface area contributed by atoms with Crippen LogP contribution in [0.1, 0.15) is 10.6 Å². The van der Waals surface area contributed by atoms with Gasteiger partial charge in [-0.15, -0.1) is 0 Å². The third-order valence-electron chi connectivity index (χ3n) is 1.68. The van der Waals surface area contributed by atoms with Gasteiger partial charge in [-0.05, 0) is 18.2 Å². The van der Waals surface area contributed by atoms with E-state index in [1.54, 1.807) is 18.2 Å². The molecular formula is C9H7NO2. The minimum atomic E-state index is 0.329. The molecule has 0 amide bonds. The van der Waals surface area contributed by atoms with Crippen molar-refractivity contribution in [2.45, 2.75) is 0 Å². The minimum absolute atomic E-state index is 0.329. The fraction of sp³-hybridized carbons (Fsp3) is 0. The number of nitrogen functional groups attached to an aromatic ring is 1. The molecular weight excluding hydrogens is 154 g/mol. The zero-order valence-corrected chi connectivity index (χ0v) is 6.28. The Morgan fingerprint density at radius 3 is 2.92 bits per heavy atom. The quantitative estimate of drug-likeness (QED) is 0.512. The largest absolute Gasteiger partial charge is 0.453 e. The summed E-state index contributed by atoms with van der Waals surface area (Å²) in [6, 6.07) is 6.97. The molecule has 2 aromatic rings. The number of benzene rings is 1. The predicted molar refractivity (Wildman–Crippen MR) is 46.0 cm³/mol. The Morgan fingerprint density at radius 2 is 2.17 bits per heavy atom. The summed E-state index contributed by atoms with van der Waals surface area (Å²) in [6.45, 7) is 0. The first-order chi connectivity index (χ1) is 5.79. The van der Waals surface area contributed by atoms with Crippen molar-refractivity contribution in [1.82, 2.24) is 0 Å². The molecule has 0 bridgehead atoms. The summed E-state index contributed by atoms with van der Waals surface area (Å²) in [6.07, 6.45) is 0.677. The third kappa shape index (κ3) is 0.955. The van der Waals surface area contributed by atoms with Crippen molar-refractivity contribution in [3.8, 4) is 0 Å². The number of hydrogen-bond donors (Lipinski definition) is 1. The topological polar surface area (TPSA) is 56.2 Å². The van der Waals surface area contributed by atoms with Gasteiger partial charge in [-0.2, -0.15) is 0 Å². The second-order valence-corrected chi connectivity index (χ2v) is 2.56. The predicted octanol–water partition coefficient (Wildman–Crippen LogP) is 1.83. The van der Waals surface area contributed by atoms with Crippen LogP contribution in [0.5, 0.6) is 0 Å². The van der Waals surface area contributed by atoms with Gasteiger partial charge in [0.05, 0.1) is 0 Å². The van der Waals surface area contributed by atoms with Crippen LogP contribution in [0.3, 0.4) is 0 Å². The van der Waals surface area contributed by atoms with Crippen molar-refractivity contribution in [2.24, 2.45) is 0 Å². The van der Waals surface area contributed by atoms with Gasteiger partial charge in [0.15, 0.2) is 12.0 Å². The molecule has 60 valence electrons. The molecule has 0 spiro atoms. The van der Waals surface area contributed by atoms with Crippen LogP contribution >= 0.6 is 0 Å². The van der Waals surface area contributed by atoms with E-state index in [4.69, 9.17) is 10.2 Å². The molecule has 0 saturated carbocycles. The Balaban J connectivity index is 2.75. The summed E-state index contributed by atoms with van der Waals surface area (Å²) in [5, 5.41) is 0.895. The number of nitrogens with two attached hydrogens (primary N) is 1. The van der Waals surface area contributed by atoms with E-state index in [1.165, 1.54) is 0 Å². The number of hydrogen-bond acceptors (Lipinski definition) is 3. The maximum atomic E-state index is 10.3. The molecule has 1 heterocycles. The second kappa shape index (κ2) is 2.37. The Hall–Kier alpha value is -1.77. The molecule has 0 fully saturated rings. The van der Waals surface area contributed by atoms with E-state index >= 15 is 0 Å². The smallest absolute Gasteiger partial charge is 0.185 e. The van der Waals surface area contributed by atoms with E-state index in [1.807, 2.05) is 6.07 Å². The first-order valence-corrected chi connectivity index (χ1v) is 3.54. The van der Waals surface area contributed by atoms with Crippen LogP contribution in [0, 0.1) is 0 Å². The van der Waals surface area contributed by atoms with Gasteiger partial charge in [0, 0.05) is 17.1 Å². The number of aldehydes is 1. The molecule has 1 aromatic carbocycles. The lowest BCUT2D eigenvalue weighted by molar-refractivity contribution is 0.110. The van der Waals surface area contributed by atoms with Crippen LogP contribution in [0.4, 0.5) is 5.69 Å². The van der Waals surface area contributed by atoms with Gasteiger partial charge >= 0.3 is 0 Å². The molecule has 3 heteroatoms. The maximum Gasteiger partial charge on any atom is 0.185 e. The van der Waals surface area contributed by atoms with E-state index in [0.29, 0.717) is 23.3 Å². The van der Waals surface area contributed by atoms with Crippen LogP contribution in [0.2, 0.25) is 0 Å². The SMILES string of the molecule is Nc1ccc2cc(C=O)oc2c1. The molecule has 2 rings (SSSR count). The van der Waals surface area contributed by atoms with Gasteiger partial charge in [0.2, 0.25) is 0 Å². The highest BCUT2D eigenvalue weighted by atomic mass is 16.3. The summed E-state index contributed by atoms with van der Waals surface area (Å²) in [5.74, 6) is 0.329. The van der Waals surface area contributed by atoms with Crippen molar-refractivity contribution in [2.75, 3.05) is 5.73 Å². The molecule has 2 N–H and O–H groups in total. The van der Waals surface area contributed by atoms with Crippen molar-refractivity contribution < 1.29 is 9.21 Å².